The lowest BCUT2D eigenvalue weighted by Gasteiger charge is -2.23. The van der Waals surface area contributed by atoms with Crippen molar-refractivity contribution in [1.82, 2.24) is 9.62 Å². The van der Waals surface area contributed by atoms with E-state index in [2.05, 4.69) is 37.2 Å². The fourth-order valence-corrected chi connectivity index (χ4v) is 5.15. The molecule has 3 aromatic carbocycles. The number of hydrogen-bond donors (Lipinski definition) is 1. The lowest BCUT2D eigenvalue weighted by atomic mass is 10.1. The van der Waals surface area contributed by atoms with Crippen LogP contribution in [-0.2, 0) is 21.2 Å². The van der Waals surface area contributed by atoms with Gasteiger partial charge in [0.2, 0.25) is 15.9 Å². The van der Waals surface area contributed by atoms with Crippen molar-refractivity contribution in [1.29, 1.82) is 0 Å². The van der Waals surface area contributed by atoms with Crippen LogP contribution in [0.15, 0.2) is 92.7 Å². The molecule has 5 nitrogen and oxygen atoms in total. The molecular formula is C24H24Br2N2O3S. The fourth-order valence-electron chi connectivity index (χ4n) is 3.22. The minimum atomic E-state index is -3.84. The number of nitrogens with one attached hydrogen (secondary N) is 1. The maximum absolute atomic E-state index is 13.3. The first-order chi connectivity index (χ1) is 15.3. The third-order valence-corrected chi connectivity index (χ3v) is 7.93. The van der Waals surface area contributed by atoms with Gasteiger partial charge in [0.1, 0.15) is 0 Å². The van der Waals surface area contributed by atoms with Gasteiger partial charge < -0.3 is 5.32 Å². The number of amides is 1. The van der Waals surface area contributed by atoms with Crippen LogP contribution in [0.2, 0.25) is 0 Å². The molecule has 0 bridgehead atoms. The standard InChI is InChI=1S/C24H24Br2N2O3S/c1-18(20-7-9-21(25)10-8-20)27-24(29)17-28(16-15-19-5-3-2-4-6-19)32(30,31)23-13-11-22(26)12-14-23/h2-14,18H,15-17H2,1H3,(H,27,29)/t18-/m1/s1. The summed E-state index contributed by atoms with van der Waals surface area (Å²) in [5.41, 5.74) is 1.94. The van der Waals surface area contributed by atoms with Crippen LogP contribution in [0.3, 0.4) is 0 Å². The summed E-state index contributed by atoms with van der Waals surface area (Å²) in [4.78, 5) is 13.0. The minimum absolute atomic E-state index is 0.155. The van der Waals surface area contributed by atoms with Gasteiger partial charge in [0.25, 0.3) is 0 Å². The number of carbonyl (C=O) groups excluding carboxylic acids is 1. The molecule has 0 fully saturated rings. The molecule has 0 aromatic heterocycles. The van der Waals surface area contributed by atoms with E-state index in [0.29, 0.717) is 6.42 Å². The Bertz CT molecular complexity index is 1140. The van der Waals surface area contributed by atoms with E-state index >= 15 is 0 Å². The molecule has 1 N–H and O–H groups in total. The van der Waals surface area contributed by atoms with E-state index in [4.69, 9.17) is 0 Å². The molecule has 8 heteroatoms. The van der Waals surface area contributed by atoms with Crippen LogP contribution in [0.25, 0.3) is 0 Å². The van der Waals surface area contributed by atoms with Crippen molar-refractivity contribution in [2.24, 2.45) is 0 Å². The van der Waals surface area contributed by atoms with Crippen molar-refractivity contribution in [3.63, 3.8) is 0 Å². The van der Waals surface area contributed by atoms with E-state index in [1.165, 1.54) is 16.4 Å². The van der Waals surface area contributed by atoms with Crippen molar-refractivity contribution in [2.45, 2.75) is 24.3 Å². The van der Waals surface area contributed by atoms with Gasteiger partial charge in [0.15, 0.2) is 0 Å². The fraction of sp³-hybridized carbons (Fsp3) is 0.208. The zero-order valence-electron chi connectivity index (χ0n) is 17.5. The number of sulfonamides is 1. The summed E-state index contributed by atoms with van der Waals surface area (Å²) in [6.45, 7) is 1.81. The van der Waals surface area contributed by atoms with Gasteiger partial charge in [0.05, 0.1) is 17.5 Å². The van der Waals surface area contributed by atoms with Crippen LogP contribution in [-0.4, -0.2) is 31.7 Å². The van der Waals surface area contributed by atoms with Gasteiger partial charge in [-0.25, -0.2) is 8.42 Å². The smallest absolute Gasteiger partial charge is 0.243 e. The summed E-state index contributed by atoms with van der Waals surface area (Å²) in [6.07, 6.45) is 0.506. The summed E-state index contributed by atoms with van der Waals surface area (Å²) >= 11 is 6.73. The Labute approximate surface area is 206 Å². The molecule has 0 saturated heterocycles. The van der Waals surface area contributed by atoms with Crippen LogP contribution < -0.4 is 5.32 Å². The van der Waals surface area contributed by atoms with E-state index in [9.17, 15) is 13.2 Å². The number of benzene rings is 3. The Morgan fingerprint density at radius 1 is 0.906 bits per heavy atom. The molecule has 0 aliphatic heterocycles. The molecule has 0 radical (unpaired) electrons. The highest BCUT2D eigenvalue weighted by Gasteiger charge is 2.27. The van der Waals surface area contributed by atoms with Crippen LogP contribution in [0.4, 0.5) is 0 Å². The van der Waals surface area contributed by atoms with Crippen molar-refractivity contribution in [3.05, 3.63) is 98.9 Å². The second kappa shape index (κ2) is 11.2. The molecule has 0 unspecified atom stereocenters. The Hall–Kier alpha value is -2.00. The van der Waals surface area contributed by atoms with Crippen molar-refractivity contribution in [3.8, 4) is 0 Å². The Morgan fingerprint density at radius 2 is 1.47 bits per heavy atom. The molecule has 3 rings (SSSR count). The lowest BCUT2D eigenvalue weighted by molar-refractivity contribution is -0.121. The van der Waals surface area contributed by atoms with Gasteiger partial charge in [0, 0.05) is 15.5 Å². The van der Waals surface area contributed by atoms with Crippen molar-refractivity contribution >= 4 is 47.8 Å². The number of carbonyl (C=O) groups is 1. The van der Waals surface area contributed by atoms with Gasteiger partial charge in [-0.3, -0.25) is 4.79 Å². The summed E-state index contributed by atoms with van der Waals surface area (Å²) in [7, 11) is -3.84. The Morgan fingerprint density at radius 3 is 2.06 bits per heavy atom. The van der Waals surface area contributed by atoms with Gasteiger partial charge in [-0.1, -0.05) is 74.3 Å². The molecule has 0 aliphatic rings. The molecule has 0 spiro atoms. The van der Waals surface area contributed by atoms with E-state index in [0.717, 1.165) is 20.1 Å². The zero-order chi connectivity index (χ0) is 23.1. The summed E-state index contributed by atoms with van der Waals surface area (Å²) < 4.78 is 29.6. The van der Waals surface area contributed by atoms with E-state index in [-0.39, 0.29) is 29.9 Å². The number of rotatable bonds is 9. The maximum Gasteiger partial charge on any atom is 0.243 e. The van der Waals surface area contributed by atoms with Crippen molar-refractivity contribution in [2.75, 3.05) is 13.1 Å². The SMILES string of the molecule is C[C@@H](NC(=O)CN(CCc1ccccc1)S(=O)(=O)c1ccc(Br)cc1)c1ccc(Br)cc1. The molecule has 1 amide bonds. The maximum atomic E-state index is 13.3. The third-order valence-electron chi connectivity index (χ3n) is 5.01. The van der Waals surface area contributed by atoms with Gasteiger partial charge >= 0.3 is 0 Å². The van der Waals surface area contributed by atoms with E-state index in [1.807, 2.05) is 61.5 Å². The number of nitrogens with zero attached hydrogens (tertiary/aromatic N) is 1. The third kappa shape index (κ3) is 6.75. The predicted molar refractivity (Wildman–Crippen MR) is 134 cm³/mol. The van der Waals surface area contributed by atoms with Gasteiger partial charge in [-0.2, -0.15) is 4.31 Å². The monoisotopic (exact) mass is 578 g/mol. The first-order valence-corrected chi connectivity index (χ1v) is 13.1. The summed E-state index contributed by atoms with van der Waals surface area (Å²) in [6, 6.07) is 23.5. The average Bonchev–Trinajstić information content (AvgIpc) is 2.78. The van der Waals surface area contributed by atoms with Gasteiger partial charge in [-0.15, -0.1) is 0 Å². The second-order valence-corrected chi connectivity index (χ2v) is 11.1. The molecular weight excluding hydrogens is 556 g/mol. The molecule has 0 heterocycles. The van der Waals surface area contributed by atoms with Crippen molar-refractivity contribution < 1.29 is 13.2 Å². The zero-order valence-corrected chi connectivity index (χ0v) is 21.5. The van der Waals surface area contributed by atoms with E-state index in [1.54, 1.807) is 12.1 Å². The molecule has 1 atom stereocenters. The van der Waals surface area contributed by atoms with Crippen LogP contribution >= 0.6 is 31.9 Å². The quantitative estimate of drug-likeness (QED) is 0.373. The average molecular weight is 580 g/mol. The predicted octanol–water partition coefficient (Wildman–Crippen LogP) is 5.32. The molecule has 3 aromatic rings. The van der Waals surface area contributed by atoms with Crippen LogP contribution in [0.5, 0.6) is 0 Å². The van der Waals surface area contributed by atoms with E-state index < -0.39 is 10.0 Å². The van der Waals surface area contributed by atoms with Crippen LogP contribution in [0, 0.1) is 0 Å². The largest absolute Gasteiger partial charge is 0.348 e. The first kappa shape index (κ1) is 24.6. The Kier molecular flexibility index (Phi) is 8.64. The molecule has 0 saturated carbocycles. The number of halogens is 2. The topological polar surface area (TPSA) is 66.5 Å². The highest BCUT2D eigenvalue weighted by Crippen LogP contribution is 2.20. The highest BCUT2D eigenvalue weighted by molar-refractivity contribution is 9.10. The normalized spacial score (nSPS) is 12.5. The minimum Gasteiger partial charge on any atom is -0.348 e. The number of hydrogen-bond acceptors (Lipinski definition) is 3. The second-order valence-electron chi connectivity index (χ2n) is 7.37. The molecule has 32 heavy (non-hydrogen) atoms. The summed E-state index contributed by atoms with van der Waals surface area (Å²) in [5, 5.41) is 2.91. The first-order valence-electron chi connectivity index (χ1n) is 10.1. The lowest BCUT2D eigenvalue weighted by Crippen LogP contribution is -2.42. The molecule has 168 valence electrons. The molecule has 0 aliphatic carbocycles. The Balaban J connectivity index is 1.77. The van der Waals surface area contributed by atoms with Gasteiger partial charge in [-0.05, 0) is 60.9 Å². The highest BCUT2D eigenvalue weighted by atomic mass is 79.9. The van der Waals surface area contributed by atoms with Crippen LogP contribution in [0.1, 0.15) is 24.1 Å². The summed E-state index contributed by atoms with van der Waals surface area (Å²) in [5.74, 6) is -0.353.